The third kappa shape index (κ3) is 5.33. The van der Waals surface area contributed by atoms with Crippen LogP contribution in [0.3, 0.4) is 0 Å². The number of nitrogens with one attached hydrogen (secondary N) is 1. The van der Waals surface area contributed by atoms with Gasteiger partial charge < -0.3 is 5.32 Å². The largest absolute Gasteiger partial charge is 0.350 e. The number of amides is 1. The summed E-state index contributed by atoms with van der Waals surface area (Å²) in [5.41, 5.74) is 3.00. The molecule has 26 heavy (non-hydrogen) atoms. The molecule has 0 heterocycles. The zero-order valence-electron chi connectivity index (χ0n) is 15.7. The van der Waals surface area contributed by atoms with E-state index in [0.29, 0.717) is 11.3 Å². The maximum atomic E-state index is 12.5. The number of sulfonamides is 1. The summed E-state index contributed by atoms with van der Waals surface area (Å²) in [5, 5.41) is 2.98. The number of benzene rings is 2. The van der Waals surface area contributed by atoms with E-state index in [1.807, 2.05) is 32.0 Å². The highest BCUT2D eigenvalue weighted by atomic mass is 32.2. The number of hydrogen-bond acceptors (Lipinski definition) is 3. The second-order valence-corrected chi connectivity index (χ2v) is 8.64. The lowest BCUT2D eigenvalue weighted by molar-refractivity contribution is 0.0938. The Kier molecular flexibility index (Phi) is 6.42. The van der Waals surface area contributed by atoms with Crippen LogP contribution in [0.1, 0.15) is 34.8 Å². The van der Waals surface area contributed by atoms with Crippen LogP contribution in [0.15, 0.2) is 48.5 Å². The molecule has 1 unspecified atom stereocenters. The molecule has 0 saturated heterocycles. The van der Waals surface area contributed by atoms with E-state index in [1.165, 1.54) is 16.9 Å². The summed E-state index contributed by atoms with van der Waals surface area (Å²) in [5.74, 6) is -0.200. The Morgan fingerprint density at radius 3 is 2.42 bits per heavy atom. The van der Waals surface area contributed by atoms with Crippen LogP contribution in [0.25, 0.3) is 0 Å². The number of carbonyl (C=O) groups excluding carboxylic acids is 1. The minimum atomic E-state index is -3.38. The third-order valence-corrected chi connectivity index (χ3v) is 5.59. The Hall–Kier alpha value is -2.34. The Morgan fingerprint density at radius 2 is 1.81 bits per heavy atom. The fourth-order valence-corrected chi connectivity index (χ4v) is 3.23. The van der Waals surface area contributed by atoms with Crippen LogP contribution < -0.4 is 9.62 Å². The maximum Gasteiger partial charge on any atom is 0.251 e. The summed E-state index contributed by atoms with van der Waals surface area (Å²) in [6.07, 6.45) is 2.86. The molecule has 0 fully saturated rings. The van der Waals surface area contributed by atoms with E-state index in [9.17, 15) is 13.2 Å². The van der Waals surface area contributed by atoms with Crippen molar-refractivity contribution < 1.29 is 13.2 Å². The number of carbonyl (C=O) groups is 1. The smallest absolute Gasteiger partial charge is 0.251 e. The molecule has 2 aromatic rings. The zero-order valence-corrected chi connectivity index (χ0v) is 16.5. The fraction of sp³-hybridized carbons (Fsp3) is 0.350. The number of nitrogens with zero attached hydrogens (tertiary/aromatic N) is 1. The molecular formula is C20H26N2O3S. The van der Waals surface area contributed by atoms with Gasteiger partial charge in [-0.15, -0.1) is 0 Å². The summed E-state index contributed by atoms with van der Waals surface area (Å²) in [6.45, 7) is 3.79. The van der Waals surface area contributed by atoms with Crippen molar-refractivity contribution >= 4 is 21.6 Å². The van der Waals surface area contributed by atoms with Crippen molar-refractivity contribution in [2.45, 2.75) is 32.7 Å². The molecule has 0 spiro atoms. The van der Waals surface area contributed by atoms with E-state index in [-0.39, 0.29) is 11.9 Å². The highest BCUT2D eigenvalue weighted by Crippen LogP contribution is 2.22. The Morgan fingerprint density at radius 1 is 1.15 bits per heavy atom. The first kappa shape index (κ1) is 20.0. The quantitative estimate of drug-likeness (QED) is 0.810. The van der Waals surface area contributed by atoms with Gasteiger partial charge in [0.05, 0.1) is 11.9 Å². The van der Waals surface area contributed by atoms with Crippen molar-refractivity contribution in [2.75, 3.05) is 17.6 Å². The zero-order chi connectivity index (χ0) is 19.3. The Labute approximate surface area is 156 Å². The fourth-order valence-electron chi connectivity index (χ4n) is 2.68. The van der Waals surface area contributed by atoms with E-state index < -0.39 is 10.0 Å². The molecule has 1 amide bonds. The molecule has 0 aliphatic heterocycles. The highest BCUT2D eigenvalue weighted by molar-refractivity contribution is 7.92. The van der Waals surface area contributed by atoms with Gasteiger partial charge in [0.25, 0.3) is 5.91 Å². The summed E-state index contributed by atoms with van der Waals surface area (Å²) < 4.78 is 24.8. The SMILES string of the molecule is Cc1ccc(C(=O)NC(C)CCc2ccccc2)cc1N(C)S(C)(=O)=O. The summed E-state index contributed by atoms with van der Waals surface area (Å²) in [6, 6.07) is 15.3. The number of hydrogen-bond donors (Lipinski definition) is 1. The molecule has 0 bridgehead atoms. The number of rotatable bonds is 7. The first-order valence-corrected chi connectivity index (χ1v) is 10.4. The first-order chi connectivity index (χ1) is 12.2. The maximum absolute atomic E-state index is 12.5. The second kappa shape index (κ2) is 8.36. The van der Waals surface area contributed by atoms with Gasteiger partial charge in [0.15, 0.2) is 0 Å². The normalized spacial score (nSPS) is 12.5. The number of anilines is 1. The monoisotopic (exact) mass is 374 g/mol. The third-order valence-electron chi connectivity index (χ3n) is 4.39. The van der Waals surface area contributed by atoms with E-state index in [1.54, 1.807) is 18.2 Å². The molecule has 2 aromatic carbocycles. The van der Waals surface area contributed by atoms with Crippen molar-refractivity contribution in [1.82, 2.24) is 5.32 Å². The molecule has 0 saturated carbocycles. The van der Waals surface area contributed by atoms with E-state index in [4.69, 9.17) is 0 Å². The van der Waals surface area contributed by atoms with Gasteiger partial charge in [-0.1, -0.05) is 36.4 Å². The molecule has 0 aliphatic carbocycles. The summed E-state index contributed by atoms with van der Waals surface area (Å²) in [7, 11) is -1.89. The van der Waals surface area contributed by atoms with Gasteiger partial charge in [-0.05, 0) is 49.9 Å². The van der Waals surface area contributed by atoms with Crippen LogP contribution in [0.2, 0.25) is 0 Å². The van der Waals surface area contributed by atoms with Crippen molar-refractivity contribution in [1.29, 1.82) is 0 Å². The van der Waals surface area contributed by atoms with E-state index >= 15 is 0 Å². The van der Waals surface area contributed by atoms with Crippen LogP contribution in [-0.4, -0.2) is 33.7 Å². The molecule has 0 radical (unpaired) electrons. The predicted molar refractivity (Wildman–Crippen MR) is 106 cm³/mol. The molecule has 6 heteroatoms. The molecule has 1 N–H and O–H groups in total. The van der Waals surface area contributed by atoms with E-state index in [2.05, 4.69) is 17.4 Å². The van der Waals surface area contributed by atoms with Crippen molar-refractivity contribution in [3.63, 3.8) is 0 Å². The highest BCUT2D eigenvalue weighted by Gasteiger charge is 2.17. The molecule has 0 aromatic heterocycles. The molecule has 1 atom stereocenters. The lowest BCUT2D eigenvalue weighted by Crippen LogP contribution is -2.33. The van der Waals surface area contributed by atoms with Gasteiger partial charge in [-0.3, -0.25) is 9.10 Å². The first-order valence-electron chi connectivity index (χ1n) is 8.58. The van der Waals surface area contributed by atoms with Crippen molar-refractivity contribution in [2.24, 2.45) is 0 Å². The lowest BCUT2D eigenvalue weighted by atomic mass is 10.1. The topological polar surface area (TPSA) is 66.5 Å². The average molecular weight is 375 g/mol. The lowest BCUT2D eigenvalue weighted by Gasteiger charge is -2.20. The predicted octanol–water partition coefficient (Wildman–Crippen LogP) is 3.14. The van der Waals surface area contributed by atoms with Crippen molar-refractivity contribution in [3.8, 4) is 0 Å². The van der Waals surface area contributed by atoms with Crippen LogP contribution >= 0.6 is 0 Å². The molecule has 2 rings (SSSR count). The van der Waals surface area contributed by atoms with Gasteiger partial charge >= 0.3 is 0 Å². The van der Waals surface area contributed by atoms with Crippen LogP contribution in [0.5, 0.6) is 0 Å². The van der Waals surface area contributed by atoms with Crippen LogP contribution in [-0.2, 0) is 16.4 Å². The van der Waals surface area contributed by atoms with Gasteiger partial charge in [0.1, 0.15) is 0 Å². The van der Waals surface area contributed by atoms with Crippen molar-refractivity contribution in [3.05, 3.63) is 65.2 Å². The molecule has 0 aliphatic rings. The second-order valence-electron chi connectivity index (χ2n) is 6.63. The molecule has 140 valence electrons. The summed E-state index contributed by atoms with van der Waals surface area (Å²) in [4.78, 5) is 12.5. The van der Waals surface area contributed by atoms with Gasteiger partial charge in [-0.25, -0.2) is 8.42 Å². The minimum Gasteiger partial charge on any atom is -0.350 e. The van der Waals surface area contributed by atoms with Crippen LogP contribution in [0.4, 0.5) is 5.69 Å². The Bertz CT molecular complexity index is 864. The van der Waals surface area contributed by atoms with Gasteiger partial charge in [-0.2, -0.15) is 0 Å². The standard InChI is InChI=1S/C20H26N2O3S/c1-15-10-13-18(14-19(15)22(3)26(4,24)25)20(23)21-16(2)11-12-17-8-6-5-7-9-17/h5-10,13-14,16H,11-12H2,1-4H3,(H,21,23). The van der Waals surface area contributed by atoms with Crippen LogP contribution in [0, 0.1) is 6.92 Å². The van der Waals surface area contributed by atoms with Gasteiger partial charge in [0.2, 0.25) is 10.0 Å². The van der Waals surface area contributed by atoms with E-state index in [0.717, 1.165) is 24.7 Å². The molecular weight excluding hydrogens is 348 g/mol. The Balaban J connectivity index is 2.05. The summed E-state index contributed by atoms with van der Waals surface area (Å²) >= 11 is 0. The minimum absolute atomic E-state index is 0.0140. The average Bonchev–Trinajstić information content (AvgIpc) is 2.60. The number of aryl methyl sites for hydroxylation is 2. The molecule has 5 nitrogen and oxygen atoms in total. The van der Waals surface area contributed by atoms with Gasteiger partial charge in [0, 0.05) is 18.7 Å².